The van der Waals surface area contributed by atoms with Crippen molar-refractivity contribution in [1.82, 2.24) is 10.2 Å². The Morgan fingerprint density at radius 2 is 1.73 bits per heavy atom. The maximum atomic E-state index is 11.1. The largest absolute Gasteiger partial charge is 0.369 e. The van der Waals surface area contributed by atoms with Crippen molar-refractivity contribution in [3.63, 3.8) is 0 Å². The van der Waals surface area contributed by atoms with Gasteiger partial charge in [0.1, 0.15) is 0 Å². The first-order valence-electron chi connectivity index (χ1n) is 8.30. The molecule has 0 radical (unpaired) electrons. The normalized spacial score (nSPS) is 21.0. The third-order valence-corrected chi connectivity index (χ3v) is 4.86. The van der Waals surface area contributed by atoms with Gasteiger partial charge in [0.05, 0.1) is 0 Å². The minimum Gasteiger partial charge on any atom is -0.369 e. The molecule has 0 aromatic heterocycles. The lowest BCUT2D eigenvalue weighted by Gasteiger charge is -2.38. The Labute approximate surface area is 132 Å². The van der Waals surface area contributed by atoms with Crippen LogP contribution in [-0.2, 0) is 0 Å². The van der Waals surface area contributed by atoms with Crippen molar-refractivity contribution in [2.45, 2.75) is 12.8 Å². The minimum atomic E-state index is -0.363. The van der Waals surface area contributed by atoms with Crippen molar-refractivity contribution in [2.75, 3.05) is 50.7 Å². The van der Waals surface area contributed by atoms with Crippen molar-refractivity contribution in [1.29, 1.82) is 0 Å². The molecule has 0 aliphatic carbocycles. The molecule has 2 aliphatic heterocycles. The highest BCUT2D eigenvalue weighted by Crippen LogP contribution is 2.19. The Balaban J connectivity index is 1.49. The average Bonchev–Trinajstić information content (AvgIpc) is 2.57. The van der Waals surface area contributed by atoms with E-state index in [1.54, 1.807) is 0 Å². The molecule has 5 nitrogen and oxygen atoms in total. The number of benzene rings is 1. The number of primary amides is 1. The number of anilines is 1. The summed E-state index contributed by atoms with van der Waals surface area (Å²) >= 11 is 0. The monoisotopic (exact) mass is 302 g/mol. The SMILES string of the molecule is NC(=O)c1ccc(N2CCN(CC3CCNCC3)CC2)cc1. The fourth-order valence-corrected chi connectivity index (χ4v) is 3.45. The van der Waals surface area contributed by atoms with E-state index in [9.17, 15) is 4.79 Å². The molecule has 1 aromatic carbocycles. The first-order valence-corrected chi connectivity index (χ1v) is 8.30. The maximum absolute atomic E-state index is 11.1. The highest BCUT2D eigenvalue weighted by atomic mass is 16.1. The first kappa shape index (κ1) is 15.3. The lowest BCUT2D eigenvalue weighted by Crippen LogP contribution is -2.48. The number of hydrogen-bond donors (Lipinski definition) is 2. The average molecular weight is 302 g/mol. The summed E-state index contributed by atoms with van der Waals surface area (Å²) in [4.78, 5) is 16.1. The van der Waals surface area contributed by atoms with E-state index in [2.05, 4.69) is 15.1 Å². The summed E-state index contributed by atoms with van der Waals surface area (Å²) in [7, 11) is 0. The van der Waals surface area contributed by atoms with Crippen LogP contribution in [0.2, 0.25) is 0 Å². The fraction of sp³-hybridized carbons (Fsp3) is 0.588. The van der Waals surface area contributed by atoms with Crippen LogP contribution < -0.4 is 16.0 Å². The molecule has 2 heterocycles. The van der Waals surface area contributed by atoms with Gasteiger partial charge in [-0.2, -0.15) is 0 Å². The number of hydrogen-bond acceptors (Lipinski definition) is 4. The lowest BCUT2D eigenvalue weighted by atomic mass is 9.97. The predicted molar refractivity (Wildman–Crippen MR) is 89.2 cm³/mol. The topological polar surface area (TPSA) is 61.6 Å². The van der Waals surface area contributed by atoms with Crippen molar-refractivity contribution in [3.8, 4) is 0 Å². The van der Waals surface area contributed by atoms with Gasteiger partial charge >= 0.3 is 0 Å². The number of amides is 1. The van der Waals surface area contributed by atoms with Crippen LogP contribution in [0, 0.1) is 5.92 Å². The first-order chi connectivity index (χ1) is 10.7. The Kier molecular flexibility index (Phi) is 4.95. The third kappa shape index (κ3) is 3.78. The zero-order valence-corrected chi connectivity index (χ0v) is 13.1. The number of nitrogens with one attached hydrogen (secondary N) is 1. The second kappa shape index (κ2) is 7.11. The van der Waals surface area contributed by atoms with Crippen LogP contribution in [0.3, 0.4) is 0 Å². The molecule has 0 bridgehead atoms. The highest BCUT2D eigenvalue weighted by molar-refractivity contribution is 5.93. The Bertz CT molecular complexity index is 488. The van der Waals surface area contributed by atoms with Gasteiger partial charge in [0, 0.05) is 44.0 Å². The Morgan fingerprint density at radius 3 is 2.32 bits per heavy atom. The fourth-order valence-electron chi connectivity index (χ4n) is 3.45. The van der Waals surface area contributed by atoms with Crippen molar-refractivity contribution in [3.05, 3.63) is 29.8 Å². The maximum Gasteiger partial charge on any atom is 0.248 e. The zero-order valence-electron chi connectivity index (χ0n) is 13.1. The van der Waals surface area contributed by atoms with Gasteiger partial charge in [-0.05, 0) is 56.1 Å². The minimum absolute atomic E-state index is 0.363. The molecule has 2 aliphatic rings. The molecular formula is C17H26N4O. The van der Waals surface area contributed by atoms with E-state index in [1.165, 1.54) is 38.2 Å². The summed E-state index contributed by atoms with van der Waals surface area (Å²) in [6.07, 6.45) is 2.63. The van der Waals surface area contributed by atoms with E-state index < -0.39 is 0 Å². The zero-order chi connectivity index (χ0) is 15.4. The van der Waals surface area contributed by atoms with E-state index in [1.807, 2.05) is 24.3 Å². The molecule has 22 heavy (non-hydrogen) atoms. The molecule has 1 aromatic rings. The number of rotatable bonds is 4. The smallest absolute Gasteiger partial charge is 0.248 e. The van der Waals surface area contributed by atoms with Crippen LogP contribution >= 0.6 is 0 Å². The van der Waals surface area contributed by atoms with E-state index >= 15 is 0 Å². The highest BCUT2D eigenvalue weighted by Gasteiger charge is 2.21. The van der Waals surface area contributed by atoms with Gasteiger partial charge in [0.25, 0.3) is 0 Å². The van der Waals surface area contributed by atoms with Crippen molar-refractivity contribution in [2.24, 2.45) is 11.7 Å². The van der Waals surface area contributed by atoms with Gasteiger partial charge in [-0.1, -0.05) is 0 Å². The molecule has 0 saturated carbocycles. The molecule has 120 valence electrons. The number of piperidine rings is 1. The molecule has 3 rings (SSSR count). The quantitative estimate of drug-likeness (QED) is 0.868. The third-order valence-electron chi connectivity index (χ3n) is 4.86. The number of nitrogens with two attached hydrogens (primary N) is 1. The van der Waals surface area contributed by atoms with Crippen LogP contribution in [0.25, 0.3) is 0 Å². The van der Waals surface area contributed by atoms with Gasteiger partial charge in [-0.25, -0.2) is 0 Å². The van der Waals surface area contributed by atoms with Crippen molar-refractivity contribution < 1.29 is 4.79 Å². The van der Waals surface area contributed by atoms with E-state index in [-0.39, 0.29) is 5.91 Å². The van der Waals surface area contributed by atoms with Gasteiger partial charge in [-0.3, -0.25) is 9.69 Å². The molecule has 0 atom stereocenters. The van der Waals surface area contributed by atoms with E-state index in [0.29, 0.717) is 5.56 Å². The molecule has 0 unspecified atom stereocenters. The molecule has 5 heteroatoms. The molecule has 1 amide bonds. The summed E-state index contributed by atoms with van der Waals surface area (Å²) in [6, 6.07) is 7.64. The molecule has 2 fully saturated rings. The number of piperazine rings is 1. The molecule has 3 N–H and O–H groups in total. The second-order valence-corrected chi connectivity index (χ2v) is 6.39. The number of carbonyl (C=O) groups is 1. The van der Waals surface area contributed by atoms with Gasteiger partial charge in [-0.15, -0.1) is 0 Å². The summed E-state index contributed by atoms with van der Waals surface area (Å²) in [5, 5.41) is 3.43. The summed E-state index contributed by atoms with van der Waals surface area (Å²) in [6.45, 7) is 7.97. The van der Waals surface area contributed by atoms with Crippen LogP contribution in [0.4, 0.5) is 5.69 Å². The molecule has 0 spiro atoms. The standard InChI is InChI=1S/C17H26N4O/c18-17(22)15-1-3-16(4-2-15)21-11-9-20(10-12-21)13-14-5-7-19-8-6-14/h1-4,14,19H,5-13H2,(H2,18,22). The van der Waals surface area contributed by atoms with Crippen LogP contribution in [0.15, 0.2) is 24.3 Å². The van der Waals surface area contributed by atoms with E-state index in [4.69, 9.17) is 5.73 Å². The van der Waals surface area contributed by atoms with Crippen LogP contribution in [0.1, 0.15) is 23.2 Å². The van der Waals surface area contributed by atoms with Gasteiger partial charge in [0.15, 0.2) is 0 Å². The van der Waals surface area contributed by atoms with Crippen LogP contribution in [0.5, 0.6) is 0 Å². The Hall–Kier alpha value is -1.59. The summed E-state index contributed by atoms with van der Waals surface area (Å²) in [5.41, 5.74) is 7.05. The summed E-state index contributed by atoms with van der Waals surface area (Å²) < 4.78 is 0. The number of nitrogens with zero attached hydrogens (tertiary/aromatic N) is 2. The molecular weight excluding hydrogens is 276 g/mol. The predicted octanol–water partition coefficient (Wildman–Crippen LogP) is 0.907. The van der Waals surface area contributed by atoms with Crippen LogP contribution in [-0.4, -0.2) is 56.6 Å². The lowest BCUT2D eigenvalue weighted by molar-refractivity contribution is 0.100. The van der Waals surface area contributed by atoms with Gasteiger partial charge in [0.2, 0.25) is 5.91 Å². The molecule has 2 saturated heterocycles. The van der Waals surface area contributed by atoms with E-state index in [0.717, 1.165) is 32.1 Å². The second-order valence-electron chi connectivity index (χ2n) is 6.39. The Morgan fingerprint density at radius 1 is 1.09 bits per heavy atom. The number of carbonyl (C=O) groups excluding carboxylic acids is 1. The van der Waals surface area contributed by atoms with Gasteiger partial charge < -0.3 is 16.0 Å². The summed E-state index contributed by atoms with van der Waals surface area (Å²) in [5.74, 6) is 0.501. The van der Waals surface area contributed by atoms with Crippen molar-refractivity contribution >= 4 is 11.6 Å².